The summed E-state index contributed by atoms with van der Waals surface area (Å²) >= 11 is 0. The van der Waals surface area contributed by atoms with E-state index in [2.05, 4.69) is 62.6 Å². The van der Waals surface area contributed by atoms with E-state index in [1.54, 1.807) is 16.8 Å². The summed E-state index contributed by atoms with van der Waals surface area (Å²) in [6.07, 6.45) is 1.89. The van der Waals surface area contributed by atoms with Crippen molar-refractivity contribution in [2.24, 2.45) is 0 Å². The fraction of sp³-hybridized carbons (Fsp3) is 0.300. The van der Waals surface area contributed by atoms with Crippen LogP contribution in [0.3, 0.4) is 0 Å². The molecule has 0 atom stereocenters. The van der Waals surface area contributed by atoms with Crippen LogP contribution in [-0.4, -0.2) is 58.2 Å². The van der Waals surface area contributed by atoms with Crippen molar-refractivity contribution in [2.45, 2.75) is 26.1 Å². The van der Waals surface area contributed by atoms with E-state index in [4.69, 9.17) is 4.74 Å². The van der Waals surface area contributed by atoms with Crippen LogP contribution in [0.15, 0.2) is 89.9 Å². The van der Waals surface area contributed by atoms with Crippen molar-refractivity contribution in [1.29, 1.82) is 0 Å². The summed E-state index contributed by atoms with van der Waals surface area (Å²) in [7, 11) is 0. The summed E-state index contributed by atoms with van der Waals surface area (Å²) in [6.45, 7) is 6.74. The Kier molecular flexibility index (Phi) is 8.42. The normalized spacial score (nSPS) is 14.4. The van der Waals surface area contributed by atoms with E-state index in [0.29, 0.717) is 6.54 Å². The molecule has 196 valence electrons. The van der Waals surface area contributed by atoms with Crippen LogP contribution in [0.4, 0.5) is 10.6 Å². The van der Waals surface area contributed by atoms with Crippen molar-refractivity contribution in [3.05, 3.63) is 107 Å². The third kappa shape index (κ3) is 6.85. The molecule has 1 saturated heterocycles. The van der Waals surface area contributed by atoms with Crippen LogP contribution >= 0.6 is 0 Å². The Bertz CT molecular complexity index is 1410. The Hall–Kier alpha value is -4.01. The molecule has 1 aromatic heterocycles. The third-order valence-corrected chi connectivity index (χ3v) is 6.93. The predicted molar refractivity (Wildman–Crippen MR) is 149 cm³/mol. The molecular formula is C30H33N5O3. The molecule has 8 nitrogen and oxygen atoms in total. The number of rotatable bonds is 9. The van der Waals surface area contributed by atoms with E-state index in [-0.39, 0.29) is 18.1 Å². The summed E-state index contributed by atoms with van der Waals surface area (Å²) in [6, 6.07) is 26.1. The Labute approximate surface area is 222 Å². The second-order valence-electron chi connectivity index (χ2n) is 9.59. The molecule has 2 heterocycles. The topological polar surface area (TPSA) is 79.7 Å². The van der Waals surface area contributed by atoms with Crippen LogP contribution in [0.5, 0.6) is 0 Å². The number of nitrogens with one attached hydrogen (secondary N) is 1. The average Bonchev–Trinajstić information content (AvgIpc) is 2.95. The first-order chi connectivity index (χ1) is 18.6. The van der Waals surface area contributed by atoms with Crippen molar-refractivity contribution in [2.75, 3.05) is 38.0 Å². The van der Waals surface area contributed by atoms with Gasteiger partial charge in [0.1, 0.15) is 12.4 Å². The first-order valence-electron chi connectivity index (χ1n) is 13.1. The fourth-order valence-corrected chi connectivity index (χ4v) is 4.84. The van der Waals surface area contributed by atoms with Crippen LogP contribution in [0.2, 0.25) is 0 Å². The molecule has 1 aliphatic rings. The minimum absolute atomic E-state index is 0.154. The molecule has 1 amide bonds. The number of fused-ring (bicyclic) bond motifs is 1. The fourth-order valence-electron chi connectivity index (χ4n) is 4.84. The van der Waals surface area contributed by atoms with Crippen molar-refractivity contribution in [3.8, 4) is 0 Å². The molecule has 5 rings (SSSR count). The van der Waals surface area contributed by atoms with Crippen LogP contribution in [-0.2, 0) is 24.4 Å². The van der Waals surface area contributed by atoms with E-state index < -0.39 is 6.09 Å². The second kappa shape index (κ2) is 12.5. The first-order valence-corrected chi connectivity index (χ1v) is 13.1. The highest BCUT2D eigenvalue weighted by molar-refractivity contribution is 5.85. The minimum atomic E-state index is -0.641. The standard InChI is InChI=1S/C30H33N5O3/c36-29-31-28(32-30(37)38-23-24-8-2-1-3-9-24)14-17-35(29)16-7-15-33-18-20-34(21-19-33)22-26-12-6-11-25-10-4-5-13-27(25)26/h1-6,8-14,17H,7,15-16,18-23H2,(H,31,32,36,37). The van der Waals surface area contributed by atoms with Gasteiger partial charge >= 0.3 is 11.8 Å². The highest BCUT2D eigenvalue weighted by atomic mass is 16.5. The first kappa shape index (κ1) is 25.6. The van der Waals surface area contributed by atoms with E-state index in [9.17, 15) is 9.59 Å². The zero-order valence-electron chi connectivity index (χ0n) is 21.5. The molecule has 1 aliphatic heterocycles. The Morgan fingerprint density at radius 1 is 0.842 bits per heavy atom. The highest BCUT2D eigenvalue weighted by Crippen LogP contribution is 2.20. The van der Waals surface area contributed by atoms with Crippen molar-refractivity contribution >= 4 is 22.7 Å². The minimum Gasteiger partial charge on any atom is -0.444 e. The zero-order valence-corrected chi connectivity index (χ0v) is 21.5. The molecule has 8 heteroatoms. The summed E-state index contributed by atoms with van der Waals surface area (Å²) in [5.74, 6) is 0.187. The number of hydrogen-bond acceptors (Lipinski definition) is 6. The summed E-state index contributed by atoms with van der Waals surface area (Å²) in [5, 5.41) is 5.15. The monoisotopic (exact) mass is 511 g/mol. The van der Waals surface area contributed by atoms with Crippen LogP contribution in [0, 0.1) is 0 Å². The molecule has 38 heavy (non-hydrogen) atoms. The highest BCUT2D eigenvalue weighted by Gasteiger charge is 2.17. The maximum Gasteiger partial charge on any atom is 0.413 e. The molecular weight excluding hydrogens is 478 g/mol. The lowest BCUT2D eigenvalue weighted by Crippen LogP contribution is -2.46. The van der Waals surface area contributed by atoms with Gasteiger partial charge in [-0.1, -0.05) is 72.8 Å². The second-order valence-corrected chi connectivity index (χ2v) is 9.59. The van der Waals surface area contributed by atoms with Gasteiger partial charge in [0.2, 0.25) is 0 Å². The number of nitrogens with zero attached hydrogens (tertiary/aromatic N) is 4. The third-order valence-electron chi connectivity index (χ3n) is 6.93. The van der Waals surface area contributed by atoms with Crippen molar-refractivity contribution in [1.82, 2.24) is 19.4 Å². The van der Waals surface area contributed by atoms with Gasteiger partial charge in [0, 0.05) is 45.5 Å². The quantitative estimate of drug-likeness (QED) is 0.360. The largest absolute Gasteiger partial charge is 0.444 e. The predicted octanol–water partition coefficient (Wildman–Crippen LogP) is 4.35. The Morgan fingerprint density at radius 3 is 2.39 bits per heavy atom. The molecule has 0 saturated carbocycles. The van der Waals surface area contributed by atoms with Gasteiger partial charge in [-0.05, 0) is 40.9 Å². The molecule has 0 spiro atoms. The molecule has 0 radical (unpaired) electrons. The van der Waals surface area contributed by atoms with E-state index in [1.165, 1.54) is 16.3 Å². The van der Waals surface area contributed by atoms with E-state index in [0.717, 1.165) is 51.3 Å². The lowest BCUT2D eigenvalue weighted by Gasteiger charge is -2.35. The summed E-state index contributed by atoms with van der Waals surface area (Å²) in [5.41, 5.74) is 1.88. The van der Waals surface area contributed by atoms with Crippen molar-refractivity contribution in [3.63, 3.8) is 0 Å². The van der Waals surface area contributed by atoms with Crippen LogP contribution in [0.25, 0.3) is 10.8 Å². The smallest absolute Gasteiger partial charge is 0.413 e. The number of aryl methyl sites for hydroxylation is 1. The number of carbonyl (C=O) groups is 1. The number of benzene rings is 3. The van der Waals surface area contributed by atoms with Crippen LogP contribution < -0.4 is 11.0 Å². The summed E-state index contributed by atoms with van der Waals surface area (Å²) < 4.78 is 6.77. The van der Waals surface area contributed by atoms with Gasteiger partial charge in [0.15, 0.2) is 0 Å². The Balaban J connectivity index is 1.03. The lowest BCUT2D eigenvalue weighted by atomic mass is 10.0. The molecule has 4 aromatic rings. The van der Waals surface area contributed by atoms with Gasteiger partial charge in [0.25, 0.3) is 0 Å². The SMILES string of the molecule is O=C(Nc1ccn(CCCN2CCN(Cc3cccc4ccccc34)CC2)c(=O)n1)OCc1ccccc1. The number of carbonyl (C=O) groups excluding carboxylic acids is 1. The lowest BCUT2D eigenvalue weighted by molar-refractivity contribution is 0.125. The van der Waals surface area contributed by atoms with E-state index >= 15 is 0 Å². The number of aromatic nitrogens is 2. The number of hydrogen-bond donors (Lipinski definition) is 1. The van der Waals surface area contributed by atoms with Gasteiger partial charge in [-0.25, -0.2) is 9.59 Å². The molecule has 3 aromatic carbocycles. The molecule has 0 aliphatic carbocycles. The number of ether oxygens (including phenoxy) is 1. The van der Waals surface area contributed by atoms with Gasteiger partial charge < -0.3 is 9.64 Å². The van der Waals surface area contributed by atoms with Gasteiger partial charge in [-0.2, -0.15) is 4.98 Å². The number of amides is 1. The van der Waals surface area contributed by atoms with Crippen LogP contribution in [0.1, 0.15) is 17.5 Å². The Morgan fingerprint density at radius 2 is 1.58 bits per heavy atom. The van der Waals surface area contributed by atoms with Gasteiger partial charge in [0.05, 0.1) is 0 Å². The van der Waals surface area contributed by atoms with Crippen molar-refractivity contribution < 1.29 is 9.53 Å². The molecule has 1 N–H and O–H groups in total. The number of anilines is 1. The summed E-state index contributed by atoms with van der Waals surface area (Å²) in [4.78, 5) is 33.4. The average molecular weight is 512 g/mol. The molecule has 0 bridgehead atoms. The molecule has 1 fully saturated rings. The van der Waals surface area contributed by atoms with Gasteiger partial charge in [-0.15, -0.1) is 0 Å². The zero-order chi connectivity index (χ0) is 26.2. The maximum atomic E-state index is 12.4. The number of piperazine rings is 1. The van der Waals surface area contributed by atoms with E-state index in [1.807, 2.05) is 30.3 Å². The maximum absolute atomic E-state index is 12.4. The molecule has 0 unspecified atom stereocenters. The van der Waals surface area contributed by atoms with Gasteiger partial charge in [-0.3, -0.25) is 14.8 Å².